The Hall–Kier alpha value is -0.800. The lowest BCUT2D eigenvalue weighted by atomic mass is 10.2. The summed E-state index contributed by atoms with van der Waals surface area (Å²) in [4.78, 5) is 0. The third-order valence-electron chi connectivity index (χ3n) is 2.64. The molecule has 1 unspecified atom stereocenters. The molecule has 0 bridgehead atoms. The summed E-state index contributed by atoms with van der Waals surface area (Å²) in [6.07, 6.45) is 0.393. The Kier molecular flexibility index (Phi) is 2.85. The van der Waals surface area contributed by atoms with Crippen molar-refractivity contribution in [1.29, 1.82) is 0 Å². The summed E-state index contributed by atoms with van der Waals surface area (Å²) in [6.45, 7) is 1.81. The number of rotatable bonds is 2. The van der Waals surface area contributed by atoms with Crippen molar-refractivity contribution in [3.05, 3.63) is 34.4 Å². The van der Waals surface area contributed by atoms with E-state index in [2.05, 4.69) is 32.6 Å². The van der Waals surface area contributed by atoms with E-state index in [0.717, 1.165) is 10.2 Å². The number of fused-ring (bicyclic) bond motifs is 1. The predicted molar refractivity (Wildman–Crippen MR) is 66.0 cm³/mol. The van der Waals surface area contributed by atoms with Crippen LogP contribution in [-0.4, -0.2) is 15.8 Å². The van der Waals surface area contributed by atoms with Crippen LogP contribution in [-0.2, 0) is 13.5 Å². The lowest BCUT2D eigenvalue weighted by molar-refractivity contribution is 0.193. The first-order valence-electron chi connectivity index (χ1n) is 5.00. The van der Waals surface area contributed by atoms with Crippen molar-refractivity contribution < 1.29 is 5.11 Å². The lowest BCUT2D eigenvalue weighted by Crippen LogP contribution is -2.07. The van der Waals surface area contributed by atoms with Crippen molar-refractivity contribution in [2.75, 3.05) is 0 Å². The Balaban J connectivity index is 2.59. The topological polar surface area (TPSA) is 25.2 Å². The number of aromatic nitrogens is 1. The first-order valence-corrected chi connectivity index (χ1v) is 5.80. The van der Waals surface area contributed by atoms with Gasteiger partial charge in [0.1, 0.15) is 0 Å². The van der Waals surface area contributed by atoms with Gasteiger partial charge in [-0.1, -0.05) is 22.0 Å². The Labute approximate surface area is 97.7 Å². The third-order valence-corrected chi connectivity index (χ3v) is 3.33. The first-order chi connectivity index (χ1) is 7.09. The van der Waals surface area contributed by atoms with Gasteiger partial charge in [0.15, 0.2) is 0 Å². The Morgan fingerprint density at radius 3 is 2.80 bits per heavy atom. The van der Waals surface area contributed by atoms with Gasteiger partial charge in [-0.3, -0.25) is 0 Å². The van der Waals surface area contributed by atoms with Crippen LogP contribution in [0.1, 0.15) is 12.6 Å². The Morgan fingerprint density at radius 1 is 1.47 bits per heavy atom. The molecule has 0 saturated heterocycles. The zero-order valence-electron chi connectivity index (χ0n) is 8.87. The van der Waals surface area contributed by atoms with Gasteiger partial charge in [0, 0.05) is 34.5 Å². The molecular weight excluding hydrogens is 254 g/mol. The molecule has 1 aromatic carbocycles. The van der Waals surface area contributed by atoms with Gasteiger partial charge in [0.05, 0.1) is 6.10 Å². The normalized spacial score (nSPS) is 13.3. The summed E-state index contributed by atoms with van der Waals surface area (Å²) in [5.74, 6) is 0. The number of hydrogen-bond donors (Lipinski definition) is 1. The monoisotopic (exact) mass is 267 g/mol. The second kappa shape index (κ2) is 3.99. The van der Waals surface area contributed by atoms with Gasteiger partial charge in [-0.25, -0.2) is 0 Å². The minimum Gasteiger partial charge on any atom is -0.393 e. The van der Waals surface area contributed by atoms with Crippen LogP contribution in [0, 0.1) is 0 Å². The summed E-state index contributed by atoms with van der Waals surface area (Å²) in [7, 11) is 2.03. The van der Waals surface area contributed by atoms with Gasteiger partial charge in [0.2, 0.25) is 0 Å². The molecule has 2 nitrogen and oxygen atoms in total. The highest BCUT2D eigenvalue weighted by Crippen LogP contribution is 2.26. The number of benzene rings is 1. The molecule has 0 spiro atoms. The molecule has 80 valence electrons. The molecule has 1 atom stereocenters. The van der Waals surface area contributed by atoms with Gasteiger partial charge in [-0.05, 0) is 25.1 Å². The molecule has 15 heavy (non-hydrogen) atoms. The molecular formula is C12H14BrNO. The molecule has 0 aliphatic rings. The van der Waals surface area contributed by atoms with Crippen LogP contribution < -0.4 is 0 Å². The smallest absolute Gasteiger partial charge is 0.0566 e. The third kappa shape index (κ3) is 1.94. The van der Waals surface area contributed by atoms with Crippen molar-refractivity contribution in [3.63, 3.8) is 0 Å². The summed E-state index contributed by atoms with van der Waals surface area (Å²) in [6, 6.07) is 8.28. The highest BCUT2D eigenvalue weighted by atomic mass is 79.9. The van der Waals surface area contributed by atoms with E-state index < -0.39 is 0 Å². The quantitative estimate of drug-likeness (QED) is 0.890. The number of aliphatic hydroxyl groups excluding tert-OH is 1. The fourth-order valence-corrected chi connectivity index (χ4v) is 2.35. The number of nitrogens with zero attached hydrogens (tertiary/aromatic N) is 1. The standard InChI is InChI=1S/C12H14BrNO/c1-8(15)6-9-7-10-11(13)4-3-5-12(10)14(9)2/h3-5,7-8,15H,6H2,1-2H3. The minimum absolute atomic E-state index is 0.299. The molecule has 0 aliphatic heterocycles. The molecule has 0 amide bonds. The number of aryl methyl sites for hydroxylation is 1. The highest BCUT2D eigenvalue weighted by Gasteiger charge is 2.09. The van der Waals surface area contributed by atoms with E-state index in [0.29, 0.717) is 6.42 Å². The van der Waals surface area contributed by atoms with Crippen molar-refractivity contribution in [2.24, 2.45) is 7.05 Å². The summed E-state index contributed by atoms with van der Waals surface area (Å²) in [5, 5.41) is 10.6. The predicted octanol–water partition coefficient (Wildman–Crippen LogP) is 2.86. The van der Waals surface area contributed by atoms with Crippen molar-refractivity contribution >= 4 is 26.8 Å². The van der Waals surface area contributed by atoms with Gasteiger partial charge in [-0.15, -0.1) is 0 Å². The van der Waals surface area contributed by atoms with Crippen molar-refractivity contribution in [2.45, 2.75) is 19.4 Å². The van der Waals surface area contributed by atoms with Gasteiger partial charge >= 0.3 is 0 Å². The van der Waals surface area contributed by atoms with Crippen molar-refractivity contribution in [1.82, 2.24) is 4.57 Å². The van der Waals surface area contributed by atoms with Crippen LogP contribution in [0.3, 0.4) is 0 Å². The zero-order chi connectivity index (χ0) is 11.0. The van der Waals surface area contributed by atoms with E-state index in [4.69, 9.17) is 0 Å². The van der Waals surface area contributed by atoms with E-state index in [9.17, 15) is 5.11 Å². The maximum absolute atomic E-state index is 9.40. The van der Waals surface area contributed by atoms with Gasteiger partial charge < -0.3 is 9.67 Å². The summed E-state index contributed by atoms with van der Waals surface area (Å²) < 4.78 is 3.24. The van der Waals surface area contributed by atoms with Crippen LogP contribution in [0.2, 0.25) is 0 Å². The molecule has 2 rings (SSSR count). The van der Waals surface area contributed by atoms with E-state index >= 15 is 0 Å². The van der Waals surface area contributed by atoms with E-state index in [1.807, 2.05) is 26.1 Å². The maximum Gasteiger partial charge on any atom is 0.0566 e. The molecule has 0 aliphatic carbocycles. The molecule has 1 heterocycles. The lowest BCUT2D eigenvalue weighted by Gasteiger charge is -2.05. The largest absolute Gasteiger partial charge is 0.393 e. The molecule has 2 aromatic rings. The Morgan fingerprint density at radius 2 is 2.20 bits per heavy atom. The number of halogens is 1. The fraction of sp³-hybridized carbons (Fsp3) is 0.333. The molecule has 3 heteroatoms. The molecule has 1 aromatic heterocycles. The second-order valence-electron chi connectivity index (χ2n) is 3.92. The average Bonchev–Trinajstić information content (AvgIpc) is 2.46. The van der Waals surface area contributed by atoms with Crippen LogP contribution in [0.4, 0.5) is 0 Å². The number of aliphatic hydroxyl groups is 1. The van der Waals surface area contributed by atoms with E-state index in [1.54, 1.807) is 0 Å². The summed E-state index contributed by atoms with van der Waals surface area (Å²) in [5.41, 5.74) is 2.35. The summed E-state index contributed by atoms with van der Waals surface area (Å²) >= 11 is 3.53. The fourth-order valence-electron chi connectivity index (χ4n) is 1.88. The van der Waals surface area contributed by atoms with Crippen molar-refractivity contribution in [3.8, 4) is 0 Å². The minimum atomic E-state index is -0.299. The zero-order valence-corrected chi connectivity index (χ0v) is 10.5. The SMILES string of the molecule is CC(O)Cc1cc2c(Br)cccc2n1C. The molecule has 0 saturated carbocycles. The molecule has 0 fully saturated rings. The first kappa shape index (κ1) is 10.7. The maximum atomic E-state index is 9.40. The van der Waals surface area contributed by atoms with Crippen LogP contribution in [0.5, 0.6) is 0 Å². The molecule has 1 N–H and O–H groups in total. The Bertz CT molecular complexity index is 488. The van der Waals surface area contributed by atoms with Gasteiger partial charge in [-0.2, -0.15) is 0 Å². The van der Waals surface area contributed by atoms with E-state index in [-0.39, 0.29) is 6.10 Å². The van der Waals surface area contributed by atoms with Crippen LogP contribution in [0.15, 0.2) is 28.7 Å². The van der Waals surface area contributed by atoms with E-state index in [1.165, 1.54) is 10.9 Å². The number of hydrogen-bond acceptors (Lipinski definition) is 1. The van der Waals surface area contributed by atoms with Crippen LogP contribution in [0.25, 0.3) is 10.9 Å². The van der Waals surface area contributed by atoms with Crippen LogP contribution >= 0.6 is 15.9 Å². The van der Waals surface area contributed by atoms with Gasteiger partial charge in [0.25, 0.3) is 0 Å². The molecule has 0 radical (unpaired) electrons. The average molecular weight is 268 g/mol. The highest BCUT2D eigenvalue weighted by molar-refractivity contribution is 9.10. The second-order valence-corrected chi connectivity index (χ2v) is 4.77.